The molecule has 0 unspecified atom stereocenters. The van der Waals surface area contributed by atoms with Gasteiger partial charge in [0.15, 0.2) is 5.11 Å². The van der Waals surface area contributed by atoms with E-state index in [2.05, 4.69) is 82.8 Å². The Labute approximate surface area is 151 Å². The van der Waals surface area contributed by atoms with E-state index in [0.717, 1.165) is 11.4 Å². The van der Waals surface area contributed by atoms with Crippen molar-refractivity contribution < 1.29 is 0 Å². The number of anilines is 2. The van der Waals surface area contributed by atoms with Gasteiger partial charge in [0.1, 0.15) is 0 Å². The van der Waals surface area contributed by atoms with Crippen molar-refractivity contribution in [2.75, 3.05) is 4.90 Å². The molecule has 24 heavy (non-hydrogen) atoms. The van der Waals surface area contributed by atoms with Gasteiger partial charge in [-0.25, -0.2) is 0 Å². The maximum absolute atomic E-state index is 6.23. The van der Waals surface area contributed by atoms with Gasteiger partial charge in [0.25, 0.3) is 0 Å². The van der Waals surface area contributed by atoms with E-state index in [1.54, 1.807) is 0 Å². The Balaban J connectivity index is 2.85. The third-order valence-electron chi connectivity index (χ3n) is 4.45. The minimum Gasteiger partial charge on any atom is -0.376 e. The predicted octanol–water partition coefficient (Wildman–Crippen LogP) is 5.93. The van der Waals surface area contributed by atoms with Crippen LogP contribution >= 0.6 is 12.2 Å². The van der Waals surface area contributed by atoms with Crippen LogP contribution in [-0.4, -0.2) is 5.11 Å². The molecular weight excluding hydrogens is 312 g/mol. The average Bonchev–Trinajstić information content (AvgIpc) is 2.49. The zero-order valence-electron chi connectivity index (χ0n) is 15.6. The molecule has 2 aromatic rings. The fraction of sp³-hybridized carbons (Fsp3) is 0.381. The Kier molecular flexibility index (Phi) is 5.66. The Morgan fingerprint density at radius 2 is 1.25 bits per heavy atom. The summed E-state index contributed by atoms with van der Waals surface area (Å²) in [6.45, 7) is 13.1. The predicted molar refractivity (Wildman–Crippen MR) is 109 cm³/mol. The maximum atomic E-state index is 6.23. The summed E-state index contributed by atoms with van der Waals surface area (Å²) in [5.41, 5.74) is 13.4. The van der Waals surface area contributed by atoms with Crippen LogP contribution < -0.4 is 10.6 Å². The first-order valence-corrected chi connectivity index (χ1v) is 8.95. The van der Waals surface area contributed by atoms with Crippen molar-refractivity contribution >= 4 is 28.7 Å². The summed E-state index contributed by atoms with van der Waals surface area (Å²) >= 11 is 5.50. The van der Waals surface area contributed by atoms with Crippen molar-refractivity contribution in [3.8, 4) is 0 Å². The molecule has 0 atom stereocenters. The Bertz CT molecular complexity index is 701. The van der Waals surface area contributed by atoms with Gasteiger partial charge in [-0.15, -0.1) is 0 Å². The summed E-state index contributed by atoms with van der Waals surface area (Å²) in [7, 11) is 0. The summed E-state index contributed by atoms with van der Waals surface area (Å²) in [6.07, 6.45) is 0. The van der Waals surface area contributed by atoms with Crippen LogP contribution in [0.2, 0.25) is 0 Å². The Morgan fingerprint density at radius 1 is 0.833 bits per heavy atom. The highest BCUT2D eigenvalue weighted by atomic mass is 32.1. The summed E-state index contributed by atoms with van der Waals surface area (Å²) in [5.74, 6) is 0.778. The second-order valence-corrected chi connectivity index (χ2v) is 7.43. The first kappa shape index (κ1) is 18.5. The molecule has 0 aliphatic carbocycles. The molecule has 0 fully saturated rings. The number of benzene rings is 2. The minimum absolute atomic E-state index is 0.389. The zero-order chi connectivity index (χ0) is 18.0. The molecule has 0 bridgehead atoms. The van der Waals surface area contributed by atoms with E-state index in [0.29, 0.717) is 16.9 Å². The van der Waals surface area contributed by atoms with E-state index >= 15 is 0 Å². The summed E-state index contributed by atoms with van der Waals surface area (Å²) in [6, 6.07) is 12.8. The van der Waals surface area contributed by atoms with Gasteiger partial charge >= 0.3 is 0 Å². The SMILES string of the molecule is Cc1cccc(C)c1N(C(N)=S)c1c(C(C)C)cccc1C(C)C. The molecule has 2 nitrogen and oxygen atoms in total. The number of rotatable bonds is 4. The highest BCUT2D eigenvalue weighted by molar-refractivity contribution is 7.80. The number of para-hydroxylation sites is 2. The van der Waals surface area contributed by atoms with Crippen LogP contribution in [-0.2, 0) is 0 Å². The van der Waals surface area contributed by atoms with E-state index < -0.39 is 0 Å². The van der Waals surface area contributed by atoms with Gasteiger partial charge in [-0.3, -0.25) is 4.90 Å². The van der Waals surface area contributed by atoms with E-state index in [1.165, 1.54) is 22.3 Å². The average molecular weight is 341 g/mol. The van der Waals surface area contributed by atoms with Crippen LogP contribution in [0.25, 0.3) is 0 Å². The highest BCUT2D eigenvalue weighted by Gasteiger charge is 2.24. The van der Waals surface area contributed by atoms with Crippen molar-refractivity contribution in [1.82, 2.24) is 0 Å². The van der Waals surface area contributed by atoms with Gasteiger partial charge < -0.3 is 5.73 Å². The first-order chi connectivity index (χ1) is 11.3. The number of thiocarbonyl (C=S) groups is 1. The van der Waals surface area contributed by atoms with Crippen molar-refractivity contribution in [1.29, 1.82) is 0 Å². The number of aryl methyl sites for hydroxylation is 2. The molecule has 2 rings (SSSR count). The molecule has 0 aliphatic heterocycles. The van der Waals surface area contributed by atoms with E-state index in [1.807, 2.05) is 0 Å². The monoisotopic (exact) mass is 340 g/mol. The fourth-order valence-electron chi connectivity index (χ4n) is 3.26. The van der Waals surface area contributed by atoms with E-state index in [4.69, 9.17) is 18.0 Å². The van der Waals surface area contributed by atoms with Gasteiger partial charge in [-0.2, -0.15) is 0 Å². The van der Waals surface area contributed by atoms with Crippen molar-refractivity contribution in [3.05, 3.63) is 58.7 Å². The molecule has 3 heteroatoms. The minimum atomic E-state index is 0.389. The molecule has 128 valence electrons. The van der Waals surface area contributed by atoms with Gasteiger partial charge in [0.05, 0.1) is 11.4 Å². The molecule has 0 saturated carbocycles. The second-order valence-electron chi connectivity index (χ2n) is 7.01. The van der Waals surface area contributed by atoms with Gasteiger partial charge in [-0.05, 0) is 60.2 Å². The first-order valence-electron chi connectivity index (χ1n) is 8.54. The van der Waals surface area contributed by atoms with E-state index in [9.17, 15) is 0 Å². The maximum Gasteiger partial charge on any atom is 0.175 e. The topological polar surface area (TPSA) is 29.3 Å². The zero-order valence-corrected chi connectivity index (χ0v) is 16.4. The molecule has 0 aromatic heterocycles. The van der Waals surface area contributed by atoms with Crippen LogP contribution in [0.4, 0.5) is 11.4 Å². The molecule has 0 radical (unpaired) electrons. The van der Waals surface area contributed by atoms with Crippen LogP contribution in [0.5, 0.6) is 0 Å². The Hall–Kier alpha value is -1.87. The molecule has 0 heterocycles. The number of nitrogens with zero attached hydrogens (tertiary/aromatic N) is 1. The highest BCUT2D eigenvalue weighted by Crippen LogP contribution is 2.41. The third-order valence-corrected chi connectivity index (χ3v) is 4.63. The largest absolute Gasteiger partial charge is 0.376 e. The van der Waals surface area contributed by atoms with Crippen molar-refractivity contribution in [2.45, 2.75) is 53.4 Å². The fourth-order valence-corrected chi connectivity index (χ4v) is 3.44. The van der Waals surface area contributed by atoms with Gasteiger partial charge in [0.2, 0.25) is 0 Å². The lowest BCUT2D eigenvalue weighted by atomic mass is 9.91. The standard InChI is InChI=1S/C21H28N2S/c1-13(2)17-11-8-12-18(14(3)4)20(17)23(21(22)24)19-15(5)9-7-10-16(19)6/h7-14H,1-6H3,(H2,22,24). The van der Waals surface area contributed by atoms with Crippen LogP contribution in [0.15, 0.2) is 36.4 Å². The number of nitrogens with two attached hydrogens (primary N) is 1. The van der Waals surface area contributed by atoms with E-state index in [-0.39, 0.29) is 0 Å². The second kappa shape index (κ2) is 7.35. The molecule has 2 aromatic carbocycles. The van der Waals surface area contributed by atoms with Crippen LogP contribution in [0.1, 0.15) is 61.8 Å². The van der Waals surface area contributed by atoms with Gasteiger partial charge in [-0.1, -0.05) is 64.1 Å². The number of hydrogen-bond acceptors (Lipinski definition) is 1. The lowest BCUT2D eigenvalue weighted by Gasteiger charge is -2.32. The Morgan fingerprint density at radius 3 is 1.62 bits per heavy atom. The molecular formula is C21H28N2S. The summed E-state index contributed by atoms with van der Waals surface area (Å²) in [5, 5.41) is 0.391. The summed E-state index contributed by atoms with van der Waals surface area (Å²) < 4.78 is 0. The molecule has 0 spiro atoms. The lowest BCUT2D eigenvalue weighted by Crippen LogP contribution is -2.34. The van der Waals surface area contributed by atoms with Gasteiger partial charge in [0, 0.05) is 0 Å². The molecule has 0 aliphatic rings. The van der Waals surface area contributed by atoms with Crippen molar-refractivity contribution in [2.24, 2.45) is 5.73 Å². The van der Waals surface area contributed by atoms with Crippen LogP contribution in [0, 0.1) is 13.8 Å². The third kappa shape index (κ3) is 3.46. The molecule has 2 N–H and O–H groups in total. The molecule has 0 saturated heterocycles. The van der Waals surface area contributed by atoms with Crippen molar-refractivity contribution in [3.63, 3.8) is 0 Å². The smallest absolute Gasteiger partial charge is 0.175 e. The normalized spacial score (nSPS) is 11.2. The number of hydrogen-bond donors (Lipinski definition) is 1. The van der Waals surface area contributed by atoms with Crippen LogP contribution in [0.3, 0.4) is 0 Å². The lowest BCUT2D eigenvalue weighted by molar-refractivity contribution is 0.832. The quantitative estimate of drug-likeness (QED) is 0.699. The summed E-state index contributed by atoms with van der Waals surface area (Å²) in [4.78, 5) is 2.07. The molecule has 0 amide bonds.